The van der Waals surface area contributed by atoms with Gasteiger partial charge in [-0.3, -0.25) is 10.2 Å². The van der Waals surface area contributed by atoms with Crippen molar-refractivity contribution < 1.29 is 4.79 Å². The molecule has 0 aliphatic carbocycles. The van der Waals surface area contributed by atoms with Crippen LogP contribution in [0.1, 0.15) is 38.2 Å². The van der Waals surface area contributed by atoms with Crippen LogP contribution in [-0.4, -0.2) is 17.0 Å². The maximum absolute atomic E-state index is 11.6. The molecule has 0 saturated carbocycles. The monoisotopic (exact) mass is 230 g/mol. The van der Waals surface area contributed by atoms with Crippen molar-refractivity contribution in [2.24, 2.45) is 0 Å². The van der Waals surface area contributed by atoms with Gasteiger partial charge in [0.05, 0.1) is 5.54 Å². The number of hydrogen-bond acceptors (Lipinski definition) is 2. The first-order chi connectivity index (χ1) is 8.20. The normalized spacial score (nSPS) is 33.2. The van der Waals surface area contributed by atoms with Crippen LogP contribution in [0.3, 0.4) is 0 Å². The van der Waals surface area contributed by atoms with Crippen molar-refractivity contribution in [1.82, 2.24) is 10.4 Å². The van der Waals surface area contributed by atoms with Crippen LogP contribution in [0.15, 0.2) is 30.3 Å². The summed E-state index contributed by atoms with van der Waals surface area (Å²) >= 11 is 0. The van der Waals surface area contributed by atoms with E-state index in [4.69, 9.17) is 0 Å². The zero-order valence-electron chi connectivity index (χ0n) is 10.1. The van der Waals surface area contributed by atoms with Crippen molar-refractivity contribution in [2.75, 3.05) is 0 Å². The molecule has 0 bridgehead atoms. The molecular weight excluding hydrogens is 212 g/mol. The van der Waals surface area contributed by atoms with Crippen molar-refractivity contribution in [3.05, 3.63) is 35.9 Å². The van der Waals surface area contributed by atoms with Gasteiger partial charge in [-0.15, -0.1) is 0 Å². The molecule has 2 atom stereocenters. The second-order valence-corrected chi connectivity index (χ2v) is 5.30. The van der Waals surface area contributed by atoms with Crippen LogP contribution in [0.5, 0.6) is 0 Å². The average Bonchev–Trinajstić information content (AvgIpc) is 2.73. The summed E-state index contributed by atoms with van der Waals surface area (Å²) in [6.07, 6.45) is 4.08. The van der Waals surface area contributed by atoms with Gasteiger partial charge in [0.25, 0.3) is 0 Å². The Morgan fingerprint density at radius 2 is 2.12 bits per heavy atom. The van der Waals surface area contributed by atoms with Crippen molar-refractivity contribution in [2.45, 2.75) is 44.2 Å². The summed E-state index contributed by atoms with van der Waals surface area (Å²) in [6, 6.07) is 10.9. The van der Waals surface area contributed by atoms with E-state index in [0.717, 1.165) is 12.8 Å². The van der Waals surface area contributed by atoms with E-state index in [1.807, 2.05) is 6.07 Å². The number of hydrazine groups is 1. The highest BCUT2D eigenvalue weighted by Gasteiger charge is 2.45. The van der Waals surface area contributed by atoms with Crippen LogP contribution in [0, 0.1) is 0 Å². The number of fused-ring (bicyclic) bond motifs is 1. The van der Waals surface area contributed by atoms with Crippen LogP contribution in [0.2, 0.25) is 0 Å². The van der Waals surface area contributed by atoms with Crippen molar-refractivity contribution >= 4 is 5.91 Å². The zero-order chi connectivity index (χ0) is 11.9. The van der Waals surface area contributed by atoms with Crippen LogP contribution < -0.4 is 5.43 Å². The zero-order valence-corrected chi connectivity index (χ0v) is 10.1. The minimum atomic E-state index is -0.0453. The molecule has 90 valence electrons. The molecule has 0 spiro atoms. The third kappa shape index (κ3) is 1.65. The quantitative estimate of drug-likeness (QED) is 0.802. The van der Waals surface area contributed by atoms with Crippen LogP contribution in [-0.2, 0) is 10.3 Å². The average molecular weight is 230 g/mol. The van der Waals surface area contributed by atoms with E-state index in [2.05, 4.69) is 41.6 Å². The summed E-state index contributed by atoms with van der Waals surface area (Å²) in [5.41, 5.74) is 4.29. The topological polar surface area (TPSA) is 32.3 Å². The number of nitrogens with one attached hydrogen (secondary N) is 1. The minimum absolute atomic E-state index is 0.0453. The first-order valence-corrected chi connectivity index (χ1v) is 6.34. The summed E-state index contributed by atoms with van der Waals surface area (Å²) in [6.45, 7) is 2.24. The molecule has 2 fully saturated rings. The van der Waals surface area contributed by atoms with Gasteiger partial charge in [0.2, 0.25) is 5.91 Å². The van der Waals surface area contributed by atoms with E-state index in [0.29, 0.717) is 12.5 Å². The fraction of sp³-hybridized carbons (Fsp3) is 0.500. The van der Waals surface area contributed by atoms with E-state index in [-0.39, 0.29) is 11.4 Å². The first-order valence-electron chi connectivity index (χ1n) is 6.34. The third-order valence-corrected chi connectivity index (χ3v) is 4.16. The molecular formula is C14H18N2O. The molecule has 2 saturated heterocycles. The summed E-state index contributed by atoms with van der Waals surface area (Å²) in [7, 11) is 0. The number of hydrogen-bond donors (Lipinski definition) is 1. The Hall–Kier alpha value is -1.35. The Morgan fingerprint density at radius 1 is 1.35 bits per heavy atom. The molecule has 0 unspecified atom stereocenters. The molecule has 2 aliphatic heterocycles. The van der Waals surface area contributed by atoms with Crippen LogP contribution >= 0.6 is 0 Å². The lowest BCUT2D eigenvalue weighted by Gasteiger charge is -2.45. The van der Waals surface area contributed by atoms with Gasteiger partial charge in [0.1, 0.15) is 0 Å². The lowest BCUT2D eigenvalue weighted by atomic mass is 9.81. The Balaban J connectivity index is 1.98. The third-order valence-electron chi connectivity index (χ3n) is 4.16. The van der Waals surface area contributed by atoms with E-state index in [1.54, 1.807) is 0 Å². The smallest absolute Gasteiger partial charge is 0.235 e. The van der Waals surface area contributed by atoms with E-state index < -0.39 is 0 Å². The lowest BCUT2D eigenvalue weighted by molar-refractivity contribution is -0.123. The predicted octanol–water partition coefficient (Wildman–Crippen LogP) is 2.19. The van der Waals surface area contributed by atoms with Gasteiger partial charge in [0.15, 0.2) is 0 Å². The number of rotatable bonds is 1. The summed E-state index contributed by atoms with van der Waals surface area (Å²) in [5, 5.41) is 2.19. The highest BCUT2D eigenvalue weighted by Crippen LogP contribution is 2.41. The number of carbonyl (C=O) groups excluding carboxylic acids is 1. The number of piperidine rings is 1. The fourth-order valence-corrected chi connectivity index (χ4v) is 3.22. The second-order valence-electron chi connectivity index (χ2n) is 5.30. The number of nitrogens with zero attached hydrogens (tertiary/aromatic N) is 1. The largest absolute Gasteiger partial charge is 0.288 e. The van der Waals surface area contributed by atoms with Gasteiger partial charge >= 0.3 is 0 Å². The Bertz CT molecular complexity index is 431. The highest BCUT2D eigenvalue weighted by atomic mass is 16.2. The van der Waals surface area contributed by atoms with Gasteiger partial charge in [-0.1, -0.05) is 30.3 Å². The standard InChI is InChI=1S/C14H18N2O/c1-14(11-6-3-2-4-7-11)9-5-8-12-10-13(17)15-16(12)14/h2-4,6-7,12H,5,8-10H2,1H3,(H,15,17)/t12-,14-/m1/s1. The Kier molecular flexibility index (Phi) is 2.44. The summed E-state index contributed by atoms with van der Waals surface area (Å²) < 4.78 is 0. The van der Waals surface area contributed by atoms with E-state index in [1.165, 1.54) is 12.0 Å². The molecule has 2 aliphatic rings. The molecule has 3 heteroatoms. The molecule has 17 heavy (non-hydrogen) atoms. The van der Waals surface area contributed by atoms with Crippen LogP contribution in [0.4, 0.5) is 0 Å². The number of carbonyl (C=O) groups is 1. The molecule has 1 aromatic rings. The molecule has 3 rings (SSSR count). The van der Waals surface area contributed by atoms with Gasteiger partial charge in [0, 0.05) is 12.5 Å². The van der Waals surface area contributed by atoms with E-state index >= 15 is 0 Å². The second kappa shape index (κ2) is 3.84. The Labute approximate surface area is 102 Å². The number of benzene rings is 1. The van der Waals surface area contributed by atoms with E-state index in [9.17, 15) is 4.79 Å². The van der Waals surface area contributed by atoms with Gasteiger partial charge in [-0.2, -0.15) is 0 Å². The fourth-order valence-electron chi connectivity index (χ4n) is 3.22. The molecule has 0 radical (unpaired) electrons. The minimum Gasteiger partial charge on any atom is -0.288 e. The Morgan fingerprint density at radius 3 is 2.88 bits per heavy atom. The van der Waals surface area contributed by atoms with Gasteiger partial charge in [-0.05, 0) is 31.7 Å². The number of amides is 1. The van der Waals surface area contributed by atoms with Crippen molar-refractivity contribution in [3.8, 4) is 0 Å². The molecule has 1 N–H and O–H groups in total. The van der Waals surface area contributed by atoms with Gasteiger partial charge < -0.3 is 0 Å². The molecule has 3 nitrogen and oxygen atoms in total. The SMILES string of the molecule is C[C@]1(c2ccccc2)CCC[C@@H]2CC(=O)NN21. The van der Waals surface area contributed by atoms with Crippen molar-refractivity contribution in [1.29, 1.82) is 0 Å². The predicted molar refractivity (Wildman–Crippen MR) is 66.0 cm³/mol. The maximum Gasteiger partial charge on any atom is 0.235 e. The molecule has 1 amide bonds. The summed E-state index contributed by atoms with van der Waals surface area (Å²) in [4.78, 5) is 11.6. The lowest BCUT2D eigenvalue weighted by Crippen LogP contribution is -2.54. The van der Waals surface area contributed by atoms with Crippen LogP contribution in [0.25, 0.3) is 0 Å². The van der Waals surface area contributed by atoms with Gasteiger partial charge in [-0.25, -0.2) is 5.01 Å². The maximum atomic E-state index is 11.6. The summed E-state index contributed by atoms with van der Waals surface area (Å²) in [5.74, 6) is 0.166. The highest BCUT2D eigenvalue weighted by molar-refractivity contribution is 5.78. The molecule has 1 aromatic carbocycles. The molecule has 0 aromatic heterocycles. The first kappa shape index (κ1) is 10.8. The van der Waals surface area contributed by atoms with Crippen molar-refractivity contribution in [3.63, 3.8) is 0 Å². The molecule has 2 heterocycles.